The van der Waals surface area contributed by atoms with Gasteiger partial charge in [-0.05, 0) is 58.5 Å². The van der Waals surface area contributed by atoms with E-state index in [-0.39, 0.29) is 42.1 Å². The molecule has 0 radical (unpaired) electrons. The number of carbonyl (C=O) groups is 2. The molecule has 4 rings (SSSR count). The Balaban J connectivity index is 1.57. The molecule has 1 aromatic rings. The molecule has 2 bridgehead atoms. The molecule has 0 spiro atoms. The van der Waals surface area contributed by atoms with E-state index in [0.717, 1.165) is 15.0 Å². The number of methoxy groups -OCH3 is 1. The van der Waals surface area contributed by atoms with Gasteiger partial charge in [0, 0.05) is 0 Å². The molecule has 27 heavy (non-hydrogen) atoms. The fourth-order valence-electron chi connectivity index (χ4n) is 4.18. The van der Waals surface area contributed by atoms with Crippen molar-refractivity contribution in [3.05, 3.63) is 33.4 Å². The minimum Gasteiger partial charge on any atom is -0.493 e. The van der Waals surface area contributed by atoms with Crippen LogP contribution in [0.3, 0.4) is 0 Å². The predicted octanol–water partition coefficient (Wildman–Crippen LogP) is 2.34. The predicted molar refractivity (Wildman–Crippen MR) is 104 cm³/mol. The molecule has 0 aromatic heterocycles. The van der Waals surface area contributed by atoms with Gasteiger partial charge in [-0.25, -0.2) is 0 Å². The van der Waals surface area contributed by atoms with E-state index in [1.165, 1.54) is 13.3 Å². The molecule has 4 atom stereocenters. The number of benzene rings is 1. The molecule has 3 aliphatic rings. The second kappa shape index (κ2) is 6.96. The van der Waals surface area contributed by atoms with Gasteiger partial charge in [0.05, 0.1) is 28.7 Å². The van der Waals surface area contributed by atoms with Crippen LogP contribution in [0.1, 0.15) is 12.0 Å². The maximum Gasteiger partial charge on any atom is 0.254 e. The van der Waals surface area contributed by atoms with E-state index < -0.39 is 0 Å². The van der Waals surface area contributed by atoms with Gasteiger partial charge in [0.1, 0.15) is 6.07 Å². The van der Waals surface area contributed by atoms with Crippen LogP contribution in [-0.2, 0) is 9.59 Å². The first-order valence-corrected chi connectivity index (χ1v) is 9.60. The van der Waals surface area contributed by atoms with Crippen LogP contribution >= 0.6 is 22.6 Å². The lowest BCUT2D eigenvalue weighted by molar-refractivity contribution is -0.140. The van der Waals surface area contributed by atoms with Gasteiger partial charge in [0.2, 0.25) is 0 Å². The van der Waals surface area contributed by atoms with Crippen molar-refractivity contribution in [1.82, 2.24) is 5.01 Å². The largest absolute Gasteiger partial charge is 0.493 e. The van der Waals surface area contributed by atoms with Gasteiger partial charge in [-0.15, -0.1) is 0 Å². The van der Waals surface area contributed by atoms with Gasteiger partial charge in [-0.2, -0.15) is 15.4 Å². The topological polar surface area (TPSA) is 92.0 Å². The van der Waals surface area contributed by atoms with Crippen LogP contribution in [0.25, 0.3) is 0 Å². The second-order valence-electron chi connectivity index (χ2n) is 6.71. The second-order valence-corrected chi connectivity index (χ2v) is 7.88. The number of allylic oxidation sites excluding steroid dienone is 2. The van der Waals surface area contributed by atoms with Gasteiger partial charge in [0.15, 0.2) is 18.1 Å². The first-order valence-electron chi connectivity index (χ1n) is 8.52. The molecule has 0 N–H and O–H groups in total. The van der Waals surface area contributed by atoms with Crippen molar-refractivity contribution >= 4 is 40.6 Å². The summed E-state index contributed by atoms with van der Waals surface area (Å²) in [4.78, 5) is 25.3. The summed E-state index contributed by atoms with van der Waals surface area (Å²) in [6.07, 6.45) is 6.48. The van der Waals surface area contributed by atoms with E-state index in [2.05, 4.69) is 39.8 Å². The molecule has 2 amide bonds. The number of rotatable bonds is 5. The van der Waals surface area contributed by atoms with Crippen molar-refractivity contribution in [2.45, 2.75) is 6.42 Å². The minimum absolute atomic E-state index is 0.0876. The number of halogens is 1. The minimum atomic E-state index is -0.263. The molecule has 8 heteroatoms. The Morgan fingerprint density at radius 1 is 1.30 bits per heavy atom. The van der Waals surface area contributed by atoms with E-state index in [1.54, 1.807) is 12.1 Å². The van der Waals surface area contributed by atoms with E-state index >= 15 is 0 Å². The third-order valence-electron chi connectivity index (χ3n) is 5.30. The van der Waals surface area contributed by atoms with Gasteiger partial charge in [0.25, 0.3) is 11.8 Å². The number of nitriles is 1. The van der Waals surface area contributed by atoms with E-state index in [9.17, 15) is 9.59 Å². The number of amides is 2. The lowest BCUT2D eigenvalue weighted by atomic mass is 9.85. The Kier molecular flexibility index (Phi) is 4.63. The third kappa shape index (κ3) is 2.90. The number of hydrazone groups is 1. The van der Waals surface area contributed by atoms with Crippen LogP contribution in [-0.4, -0.2) is 36.8 Å². The summed E-state index contributed by atoms with van der Waals surface area (Å²) in [5, 5.41) is 13.9. The summed E-state index contributed by atoms with van der Waals surface area (Å²) in [5.74, 6) is 0.298. The number of hydrogen-bond donors (Lipinski definition) is 0. The molecule has 138 valence electrons. The lowest BCUT2D eigenvalue weighted by Gasteiger charge is -2.13. The van der Waals surface area contributed by atoms with Crippen molar-refractivity contribution in [2.75, 3.05) is 13.7 Å². The third-order valence-corrected chi connectivity index (χ3v) is 6.10. The van der Waals surface area contributed by atoms with Crippen molar-refractivity contribution in [1.29, 1.82) is 5.26 Å². The molecule has 2 aliphatic carbocycles. The van der Waals surface area contributed by atoms with E-state index in [4.69, 9.17) is 14.7 Å². The van der Waals surface area contributed by atoms with Crippen LogP contribution in [0.15, 0.2) is 29.4 Å². The van der Waals surface area contributed by atoms with Crippen LogP contribution in [0.2, 0.25) is 0 Å². The maximum absolute atomic E-state index is 12.7. The summed E-state index contributed by atoms with van der Waals surface area (Å²) >= 11 is 2.07. The highest BCUT2D eigenvalue weighted by Gasteiger charge is 2.59. The maximum atomic E-state index is 12.7. The molecule has 1 aromatic carbocycles. The standard InChI is InChI=1S/C19H16IN3O4/c1-26-14-7-10(6-13(20)17(14)27-5-4-21)9-22-23-18(24)15-11-2-3-12(8-11)16(15)19(23)25/h2-3,6-7,9,11-12,15-16H,5,8H2,1H3/t11-,12-,15-,16+/m0/s1. The number of carbonyl (C=O) groups excluding carboxylic acids is 2. The van der Waals surface area contributed by atoms with Crippen molar-refractivity contribution < 1.29 is 19.1 Å². The molecule has 1 heterocycles. The van der Waals surface area contributed by atoms with E-state index in [1.807, 2.05) is 6.07 Å². The smallest absolute Gasteiger partial charge is 0.254 e. The molecule has 1 aliphatic heterocycles. The molecular formula is C19H16IN3O4. The average Bonchev–Trinajstić information content (AvgIpc) is 3.33. The van der Waals surface area contributed by atoms with Crippen LogP contribution in [0, 0.1) is 38.6 Å². The van der Waals surface area contributed by atoms with Crippen molar-refractivity contribution in [3.8, 4) is 17.6 Å². The Labute approximate surface area is 169 Å². The number of ether oxygens (including phenoxy) is 2. The number of imide groups is 1. The summed E-state index contributed by atoms with van der Waals surface area (Å²) in [6.45, 7) is -0.0876. The fourth-order valence-corrected chi connectivity index (χ4v) is 4.96. The first kappa shape index (κ1) is 18.0. The summed E-state index contributed by atoms with van der Waals surface area (Å²) < 4.78 is 11.4. The zero-order chi connectivity index (χ0) is 19.1. The fraction of sp³-hybridized carbons (Fsp3) is 0.368. The number of fused-ring (bicyclic) bond motifs is 5. The Morgan fingerprint density at radius 3 is 2.56 bits per heavy atom. The molecule has 1 saturated heterocycles. The molecule has 0 unspecified atom stereocenters. The van der Waals surface area contributed by atoms with Gasteiger partial charge in [-0.1, -0.05) is 12.2 Å². The zero-order valence-corrected chi connectivity index (χ0v) is 16.6. The normalized spacial score (nSPS) is 28.1. The van der Waals surface area contributed by atoms with Gasteiger partial charge < -0.3 is 9.47 Å². The van der Waals surface area contributed by atoms with E-state index in [0.29, 0.717) is 17.1 Å². The highest BCUT2D eigenvalue weighted by Crippen LogP contribution is 2.52. The average molecular weight is 477 g/mol. The van der Waals surface area contributed by atoms with Crippen LogP contribution in [0.4, 0.5) is 0 Å². The lowest BCUT2D eigenvalue weighted by Crippen LogP contribution is -2.28. The summed E-state index contributed by atoms with van der Waals surface area (Å²) in [7, 11) is 1.50. The first-order chi connectivity index (χ1) is 13.0. The van der Waals surface area contributed by atoms with Crippen molar-refractivity contribution in [3.63, 3.8) is 0 Å². The molecule has 7 nitrogen and oxygen atoms in total. The SMILES string of the molecule is COc1cc(C=NN2C(=O)[C@@H]3[C@H](C2=O)[C@H]2C=C[C@H]3C2)cc(I)c1OCC#N. The highest BCUT2D eigenvalue weighted by molar-refractivity contribution is 14.1. The highest BCUT2D eigenvalue weighted by atomic mass is 127. The Bertz CT molecular complexity index is 890. The van der Waals surface area contributed by atoms with Gasteiger partial charge >= 0.3 is 0 Å². The number of hydrogen-bond acceptors (Lipinski definition) is 6. The van der Waals surface area contributed by atoms with Crippen LogP contribution in [0.5, 0.6) is 11.5 Å². The Morgan fingerprint density at radius 2 is 1.96 bits per heavy atom. The van der Waals surface area contributed by atoms with Crippen molar-refractivity contribution in [2.24, 2.45) is 28.8 Å². The molecule has 2 fully saturated rings. The monoisotopic (exact) mass is 477 g/mol. The molecular weight excluding hydrogens is 461 g/mol. The number of nitrogens with zero attached hydrogens (tertiary/aromatic N) is 3. The zero-order valence-electron chi connectivity index (χ0n) is 14.5. The summed E-state index contributed by atoms with van der Waals surface area (Å²) in [5.41, 5.74) is 0.666. The summed E-state index contributed by atoms with van der Waals surface area (Å²) in [6, 6.07) is 5.40. The van der Waals surface area contributed by atoms with Crippen LogP contribution < -0.4 is 9.47 Å². The Hall–Kier alpha value is -2.41. The molecule has 1 saturated carbocycles. The van der Waals surface area contributed by atoms with Gasteiger partial charge in [-0.3, -0.25) is 9.59 Å². The quantitative estimate of drug-likeness (QED) is 0.281.